The topological polar surface area (TPSA) is 68.2 Å². The third-order valence-corrected chi connectivity index (χ3v) is 5.08. The molecular weight excluding hydrogens is 336 g/mol. The van der Waals surface area contributed by atoms with Gasteiger partial charge in [0.15, 0.2) is 17.2 Å². The molecule has 3 aromatic rings. The predicted molar refractivity (Wildman–Crippen MR) is 96.2 cm³/mol. The van der Waals surface area contributed by atoms with Crippen LogP contribution >= 0.6 is 11.8 Å². The molecule has 25 heavy (non-hydrogen) atoms. The molecule has 1 aliphatic heterocycles. The fourth-order valence-electron chi connectivity index (χ4n) is 2.99. The van der Waals surface area contributed by atoms with Crippen LogP contribution in [0.2, 0.25) is 0 Å². The highest BCUT2D eigenvalue weighted by Gasteiger charge is 2.18. The van der Waals surface area contributed by atoms with Gasteiger partial charge in [-0.15, -0.1) is 10.2 Å². The first-order valence-electron chi connectivity index (χ1n) is 8.58. The molecule has 0 bridgehead atoms. The number of aromatic nitrogens is 3. The van der Waals surface area contributed by atoms with Crippen molar-refractivity contribution in [1.82, 2.24) is 20.1 Å². The molecule has 0 spiro atoms. The highest BCUT2D eigenvalue weighted by atomic mass is 32.2. The highest BCUT2D eigenvalue weighted by Crippen LogP contribution is 2.30. The van der Waals surface area contributed by atoms with E-state index in [1.54, 1.807) is 24.3 Å². The maximum absolute atomic E-state index is 5.52. The van der Waals surface area contributed by atoms with Crippen LogP contribution in [0.25, 0.3) is 22.9 Å². The van der Waals surface area contributed by atoms with E-state index in [0.29, 0.717) is 28.1 Å². The van der Waals surface area contributed by atoms with Gasteiger partial charge in [-0.1, -0.05) is 18.2 Å². The van der Waals surface area contributed by atoms with Gasteiger partial charge in [-0.25, -0.2) is 4.98 Å². The van der Waals surface area contributed by atoms with Gasteiger partial charge < -0.3 is 13.7 Å². The van der Waals surface area contributed by atoms with Gasteiger partial charge in [0, 0.05) is 12.3 Å². The Kier molecular flexibility index (Phi) is 5.13. The van der Waals surface area contributed by atoms with Gasteiger partial charge >= 0.3 is 0 Å². The lowest BCUT2D eigenvalue weighted by Crippen LogP contribution is -2.31. The van der Waals surface area contributed by atoms with Crippen LogP contribution in [0.4, 0.5) is 0 Å². The summed E-state index contributed by atoms with van der Waals surface area (Å²) in [5.41, 5.74) is 1.26. The van der Waals surface area contributed by atoms with Crippen LogP contribution in [0, 0.1) is 0 Å². The van der Waals surface area contributed by atoms with E-state index in [2.05, 4.69) is 20.1 Å². The number of thioether (sulfide) groups is 1. The van der Waals surface area contributed by atoms with E-state index in [0.717, 1.165) is 12.3 Å². The Morgan fingerprint density at radius 3 is 2.32 bits per heavy atom. The van der Waals surface area contributed by atoms with Crippen molar-refractivity contribution in [3.05, 3.63) is 36.8 Å². The third kappa shape index (κ3) is 3.93. The Bertz CT molecular complexity index is 784. The number of rotatable bonds is 6. The van der Waals surface area contributed by atoms with Crippen LogP contribution in [-0.2, 0) is 0 Å². The smallest absolute Gasteiger partial charge is 0.209 e. The van der Waals surface area contributed by atoms with Crippen molar-refractivity contribution in [1.29, 1.82) is 0 Å². The van der Waals surface area contributed by atoms with Gasteiger partial charge in [0.1, 0.15) is 5.69 Å². The van der Waals surface area contributed by atoms with Crippen molar-refractivity contribution in [3.8, 4) is 22.9 Å². The number of piperidine rings is 1. The fourth-order valence-corrected chi connectivity index (χ4v) is 3.77. The Morgan fingerprint density at radius 2 is 1.64 bits per heavy atom. The fraction of sp³-hybridized carbons (Fsp3) is 0.389. The van der Waals surface area contributed by atoms with Gasteiger partial charge in [0.2, 0.25) is 5.16 Å². The Labute approximate surface area is 150 Å². The van der Waals surface area contributed by atoms with E-state index >= 15 is 0 Å². The summed E-state index contributed by atoms with van der Waals surface area (Å²) in [5.74, 6) is 2.26. The molecular formula is C18H20N4O2S. The van der Waals surface area contributed by atoms with Gasteiger partial charge in [0.25, 0.3) is 0 Å². The number of hydrogen-bond donors (Lipinski definition) is 0. The molecule has 0 atom stereocenters. The molecule has 0 saturated carbocycles. The van der Waals surface area contributed by atoms with Crippen LogP contribution in [0.1, 0.15) is 19.3 Å². The van der Waals surface area contributed by atoms with Crippen LogP contribution in [0.15, 0.2) is 50.8 Å². The van der Waals surface area contributed by atoms with Gasteiger partial charge in [-0.2, -0.15) is 0 Å². The molecule has 4 rings (SSSR count). The first kappa shape index (κ1) is 16.4. The molecule has 4 heterocycles. The van der Waals surface area contributed by atoms with Crippen molar-refractivity contribution in [2.24, 2.45) is 0 Å². The molecule has 0 aromatic carbocycles. The van der Waals surface area contributed by atoms with Crippen LogP contribution in [-0.4, -0.2) is 45.5 Å². The molecule has 0 radical (unpaired) electrons. The summed E-state index contributed by atoms with van der Waals surface area (Å²) in [6, 6.07) is 7.39. The largest absolute Gasteiger partial charge is 0.463 e. The third-order valence-electron chi connectivity index (χ3n) is 4.26. The summed E-state index contributed by atoms with van der Waals surface area (Å²) in [6.45, 7) is 3.47. The van der Waals surface area contributed by atoms with Gasteiger partial charge in [0.05, 0.1) is 12.5 Å². The standard InChI is InChI=1S/C18H20N4O2S/c1-2-8-22(9-3-1)10-13-25-18-19-16(14-6-4-11-23-14)17(20-21-18)15-7-5-12-24-15/h4-7,11-12H,1-3,8-10,13H2. The molecule has 1 aliphatic rings. The van der Waals surface area contributed by atoms with E-state index in [1.165, 1.54) is 32.4 Å². The van der Waals surface area contributed by atoms with Crippen molar-refractivity contribution < 1.29 is 8.83 Å². The zero-order valence-electron chi connectivity index (χ0n) is 13.9. The number of furan rings is 2. The van der Waals surface area contributed by atoms with E-state index in [1.807, 2.05) is 24.3 Å². The van der Waals surface area contributed by atoms with Crippen LogP contribution in [0.3, 0.4) is 0 Å². The quantitative estimate of drug-likeness (QED) is 0.619. The van der Waals surface area contributed by atoms with E-state index in [9.17, 15) is 0 Å². The van der Waals surface area contributed by atoms with Crippen LogP contribution in [0.5, 0.6) is 0 Å². The van der Waals surface area contributed by atoms with Crippen molar-refractivity contribution in [2.75, 3.05) is 25.4 Å². The lowest BCUT2D eigenvalue weighted by molar-refractivity contribution is 0.242. The maximum Gasteiger partial charge on any atom is 0.209 e. The summed E-state index contributed by atoms with van der Waals surface area (Å²) < 4.78 is 11.0. The summed E-state index contributed by atoms with van der Waals surface area (Å²) in [6.07, 6.45) is 7.22. The molecule has 3 aromatic heterocycles. The molecule has 0 unspecified atom stereocenters. The molecule has 0 N–H and O–H groups in total. The lowest BCUT2D eigenvalue weighted by atomic mass is 10.1. The summed E-state index contributed by atoms with van der Waals surface area (Å²) >= 11 is 1.63. The maximum atomic E-state index is 5.52. The predicted octanol–water partition coefficient (Wildman–Crippen LogP) is 3.97. The second-order valence-electron chi connectivity index (χ2n) is 6.00. The first-order chi connectivity index (χ1) is 12.4. The molecule has 1 saturated heterocycles. The average molecular weight is 356 g/mol. The van der Waals surface area contributed by atoms with Crippen molar-refractivity contribution in [2.45, 2.75) is 24.4 Å². The summed E-state index contributed by atoms with van der Waals surface area (Å²) in [7, 11) is 0. The minimum atomic E-state index is 0.598. The monoisotopic (exact) mass is 356 g/mol. The lowest BCUT2D eigenvalue weighted by Gasteiger charge is -2.25. The van der Waals surface area contributed by atoms with E-state index in [4.69, 9.17) is 8.83 Å². The molecule has 0 amide bonds. The second-order valence-corrected chi connectivity index (χ2v) is 7.06. The molecule has 6 nitrogen and oxygen atoms in total. The highest BCUT2D eigenvalue weighted by molar-refractivity contribution is 7.99. The Hall–Kier alpha value is -2.12. The minimum Gasteiger partial charge on any atom is -0.463 e. The molecule has 130 valence electrons. The van der Waals surface area contributed by atoms with Crippen molar-refractivity contribution >= 4 is 11.8 Å². The van der Waals surface area contributed by atoms with E-state index < -0.39 is 0 Å². The zero-order valence-corrected chi connectivity index (χ0v) is 14.7. The van der Waals surface area contributed by atoms with Crippen LogP contribution < -0.4 is 0 Å². The summed E-state index contributed by atoms with van der Waals surface area (Å²) in [4.78, 5) is 7.18. The SMILES string of the molecule is c1coc(-c2nnc(SCCN3CCCCC3)nc2-c2ccco2)c1. The second kappa shape index (κ2) is 7.84. The Balaban J connectivity index is 1.50. The zero-order chi connectivity index (χ0) is 16.9. The number of nitrogens with zero attached hydrogens (tertiary/aromatic N) is 4. The number of likely N-dealkylation sites (tertiary alicyclic amines) is 1. The normalized spacial score (nSPS) is 15.5. The minimum absolute atomic E-state index is 0.598. The first-order valence-corrected chi connectivity index (χ1v) is 9.56. The molecule has 1 fully saturated rings. The average Bonchev–Trinajstić information content (AvgIpc) is 3.36. The van der Waals surface area contributed by atoms with Crippen molar-refractivity contribution in [3.63, 3.8) is 0 Å². The molecule has 7 heteroatoms. The molecule has 0 aliphatic carbocycles. The summed E-state index contributed by atoms with van der Waals surface area (Å²) in [5, 5.41) is 9.28. The Morgan fingerprint density at radius 1 is 0.920 bits per heavy atom. The van der Waals surface area contributed by atoms with Gasteiger partial charge in [-0.3, -0.25) is 0 Å². The van der Waals surface area contributed by atoms with Gasteiger partial charge in [-0.05, 0) is 50.2 Å². The number of hydrogen-bond acceptors (Lipinski definition) is 7. The van der Waals surface area contributed by atoms with E-state index in [-0.39, 0.29) is 0 Å².